The Labute approximate surface area is 276 Å². The second-order valence-corrected chi connectivity index (χ2v) is 11.9. The molecule has 1 aliphatic carbocycles. The van der Waals surface area contributed by atoms with E-state index in [-0.39, 0.29) is 0 Å². The molecule has 0 spiro atoms. The van der Waals surface area contributed by atoms with Gasteiger partial charge in [-0.15, -0.1) is 0 Å². The summed E-state index contributed by atoms with van der Waals surface area (Å²) in [5.74, 6) is 3.46. The molecular weight excluding hydrogens is 572 g/mol. The Balaban J connectivity index is 2.02. The van der Waals surface area contributed by atoms with Crippen molar-refractivity contribution in [3.05, 3.63) is 112 Å². The van der Waals surface area contributed by atoms with Crippen molar-refractivity contribution < 1.29 is 18.9 Å². The van der Waals surface area contributed by atoms with Gasteiger partial charge in [-0.2, -0.15) is 0 Å². The van der Waals surface area contributed by atoms with Crippen LogP contribution in [0.3, 0.4) is 0 Å². The standard InChI is InChI=1S/C40H52N2O4/c1-6-12-28-21-32-25-36(42)27-34(40(32)46-20-10-5)23-30-14-11-13-29(38(30)44-18-8-3)22-33-26-35(41)24-31(39(33)45-19-9-4)15-16-37(28)43-17-7-2/h6,11-14,16,24-27H,1,7-10,15,17-23,41-42H2,2-5H3/b28-12-,37-16-. The molecule has 3 aromatic carbocycles. The van der Waals surface area contributed by atoms with Gasteiger partial charge in [0.2, 0.25) is 0 Å². The quantitative estimate of drug-likeness (QED) is 0.185. The predicted octanol–water partition coefficient (Wildman–Crippen LogP) is 8.92. The van der Waals surface area contributed by atoms with Crippen LogP contribution in [0.1, 0.15) is 86.8 Å². The topological polar surface area (TPSA) is 89.0 Å². The molecule has 4 rings (SSSR count). The minimum Gasteiger partial charge on any atom is -0.494 e. The van der Waals surface area contributed by atoms with Gasteiger partial charge in [0.25, 0.3) is 0 Å². The van der Waals surface area contributed by atoms with Crippen molar-refractivity contribution in [1.82, 2.24) is 0 Å². The molecule has 1 aliphatic rings. The largest absolute Gasteiger partial charge is 0.494 e. The second-order valence-electron chi connectivity index (χ2n) is 11.9. The summed E-state index contributed by atoms with van der Waals surface area (Å²) in [7, 11) is 0. The molecule has 4 N–H and O–H groups in total. The number of fused-ring (bicyclic) bond motifs is 6. The van der Waals surface area contributed by atoms with Crippen LogP contribution in [0.4, 0.5) is 11.4 Å². The highest BCUT2D eigenvalue weighted by Gasteiger charge is 2.21. The Morgan fingerprint density at radius 1 is 0.609 bits per heavy atom. The zero-order chi connectivity index (χ0) is 32.9. The summed E-state index contributed by atoms with van der Waals surface area (Å²) in [6, 6.07) is 14.5. The van der Waals surface area contributed by atoms with Crippen LogP contribution in [0.5, 0.6) is 17.2 Å². The lowest BCUT2D eigenvalue weighted by molar-refractivity contribution is 0.218. The molecule has 0 saturated carbocycles. The Kier molecular flexibility index (Phi) is 13.1. The van der Waals surface area contributed by atoms with Crippen LogP contribution in [0.25, 0.3) is 0 Å². The molecule has 0 atom stereocenters. The van der Waals surface area contributed by atoms with Gasteiger partial charge in [0.05, 0.1) is 26.4 Å². The first-order valence-corrected chi connectivity index (χ1v) is 16.9. The van der Waals surface area contributed by atoms with E-state index in [2.05, 4.69) is 58.5 Å². The molecule has 0 unspecified atom stereocenters. The molecule has 46 heavy (non-hydrogen) atoms. The number of anilines is 2. The SMILES string of the molecule is C=C/C=C1Cc2cc(N)cc(c2OCCC)Cc2cccc(c2OCCC)Cc2cc(N)cc(c2OCCC)C/C=C/1OCCC. The Bertz CT molecular complexity index is 1540. The first-order chi connectivity index (χ1) is 22.4. The van der Waals surface area contributed by atoms with Crippen LogP contribution in [-0.2, 0) is 30.4 Å². The van der Waals surface area contributed by atoms with Gasteiger partial charge in [-0.3, -0.25) is 0 Å². The van der Waals surface area contributed by atoms with Crippen molar-refractivity contribution in [2.75, 3.05) is 37.9 Å². The number of ether oxygens (including phenoxy) is 4. The fourth-order valence-corrected chi connectivity index (χ4v) is 5.88. The van der Waals surface area contributed by atoms with E-state index < -0.39 is 0 Å². The monoisotopic (exact) mass is 624 g/mol. The molecule has 246 valence electrons. The number of nitrogen functional groups attached to an aromatic ring is 2. The average molecular weight is 625 g/mol. The third kappa shape index (κ3) is 8.90. The summed E-state index contributed by atoms with van der Waals surface area (Å²) in [6.07, 6.45) is 12.0. The van der Waals surface area contributed by atoms with Crippen LogP contribution in [-0.4, -0.2) is 26.4 Å². The molecule has 3 aromatic rings. The predicted molar refractivity (Wildman–Crippen MR) is 191 cm³/mol. The highest BCUT2D eigenvalue weighted by molar-refractivity contribution is 5.60. The van der Waals surface area contributed by atoms with E-state index in [1.165, 1.54) is 0 Å². The fraction of sp³-hybridized carbons (Fsp3) is 0.400. The minimum atomic E-state index is 0.569. The van der Waals surface area contributed by atoms with Gasteiger partial charge in [-0.25, -0.2) is 0 Å². The van der Waals surface area contributed by atoms with Gasteiger partial charge >= 0.3 is 0 Å². The zero-order valence-corrected chi connectivity index (χ0v) is 28.3. The molecule has 0 aliphatic heterocycles. The van der Waals surface area contributed by atoms with Crippen molar-refractivity contribution in [1.29, 1.82) is 0 Å². The molecule has 6 bridgehead atoms. The number of hydrogen-bond acceptors (Lipinski definition) is 6. The molecule has 0 saturated heterocycles. The number of para-hydroxylation sites is 1. The van der Waals surface area contributed by atoms with Crippen LogP contribution in [0, 0.1) is 0 Å². The van der Waals surface area contributed by atoms with E-state index >= 15 is 0 Å². The van der Waals surface area contributed by atoms with Gasteiger partial charge in [0, 0.05) is 52.9 Å². The minimum absolute atomic E-state index is 0.569. The van der Waals surface area contributed by atoms with Gasteiger partial charge in [-0.05, 0) is 79.1 Å². The number of nitrogens with two attached hydrogens (primary N) is 2. The molecule has 0 amide bonds. The van der Waals surface area contributed by atoms with Crippen molar-refractivity contribution in [2.45, 2.75) is 79.1 Å². The zero-order valence-electron chi connectivity index (χ0n) is 28.3. The molecule has 0 radical (unpaired) electrons. The van der Waals surface area contributed by atoms with Crippen molar-refractivity contribution >= 4 is 11.4 Å². The molecule has 6 heteroatoms. The maximum absolute atomic E-state index is 6.59. The van der Waals surface area contributed by atoms with Crippen molar-refractivity contribution in [3.63, 3.8) is 0 Å². The average Bonchev–Trinajstić information content (AvgIpc) is 3.03. The lowest BCUT2D eigenvalue weighted by Gasteiger charge is -2.22. The highest BCUT2D eigenvalue weighted by Crippen LogP contribution is 2.38. The first kappa shape index (κ1) is 34.6. The maximum Gasteiger partial charge on any atom is 0.126 e. The summed E-state index contributed by atoms with van der Waals surface area (Å²) >= 11 is 0. The van der Waals surface area contributed by atoms with Crippen molar-refractivity contribution in [3.8, 4) is 17.2 Å². The Hall–Kier alpha value is -4.32. The fourth-order valence-electron chi connectivity index (χ4n) is 5.88. The number of rotatable bonds is 13. The highest BCUT2D eigenvalue weighted by atomic mass is 16.5. The third-order valence-corrected chi connectivity index (χ3v) is 7.81. The van der Waals surface area contributed by atoms with Gasteiger partial charge in [0.1, 0.15) is 23.0 Å². The first-order valence-electron chi connectivity index (χ1n) is 16.9. The molecule has 6 nitrogen and oxygen atoms in total. The van der Waals surface area contributed by atoms with E-state index in [9.17, 15) is 0 Å². The molecule has 0 aromatic heterocycles. The van der Waals surface area contributed by atoms with Gasteiger partial charge < -0.3 is 30.4 Å². The molecule has 0 heterocycles. The normalized spacial score (nSPS) is 15.1. The summed E-state index contributed by atoms with van der Waals surface area (Å²) in [4.78, 5) is 0. The van der Waals surface area contributed by atoms with Crippen LogP contribution < -0.4 is 25.7 Å². The summed E-state index contributed by atoms with van der Waals surface area (Å²) in [6.45, 7) is 15.0. The van der Waals surface area contributed by atoms with Crippen LogP contribution >= 0.6 is 0 Å². The van der Waals surface area contributed by atoms with Crippen LogP contribution in [0.2, 0.25) is 0 Å². The number of benzene rings is 3. The third-order valence-electron chi connectivity index (χ3n) is 7.81. The summed E-state index contributed by atoms with van der Waals surface area (Å²) < 4.78 is 25.9. The van der Waals surface area contributed by atoms with E-state index in [0.29, 0.717) is 63.5 Å². The van der Waals surface area contributed by atoms with E-state index in [1.807, 2.05) is 36.4 Å². The van der Waals surface area contributed by atoms with Crippen molar-refractivity contribution in [2.24, 2.45) is 0 Å². The lowest BCUT2D eigenvalue weighted by Crippen LogP contribution is -2.10. The Morgan fingerprint density at radius 3 is 1.54 bits per heavy atom. The maximum atomic E-state index is 6.59. The Morgan fingerprint density at radius 2 is 1.04 bits per heavy atom. The smallest absolute Gasteiger partial charge is 0.126 e. The number of hydrogen-bond donors (Lipinski definition) is 2. The van der Waals surface area contributed by atoms with Gasteiger partial charge in [0.15, 0.2) is 0 Å². The summed E-state index contributed by atoms with van der Waals surface area (Å²) in [5.41, 5.74) is 21.8. The van der Waals surface area contributed by atoms with Crippen LogP contribution in [0.15, 0.2) is 78.6 Å². The van der Waals surface area contributed by atoms with E-state index in [1.54, 1.807) is 0 Å². The lowest BCUT2D eigenvalue weighted by atomic mass is 9.92. The number of allylic oxidation sites excluding steroid dienone is 4. The second kappa shape index (κ2) is 17.4. The van der Waals surface area contributed by atoms with Gasteiger partial charge in [-0.1, -0.05) is 64.6 Å². The van der Waals surface area contributed by atoms with E-state index in [4.69, 9.17) is 30.4 Å². The van der Waals surface area contributed by atoms with E-state index in [0.717, 1.165) is 87.6 Å². The molecular formula is C40H52N2O4. The summed E-state index contributed by atoms with van der Waals surface area (Å²) in [5, 5.41) is 0. The molecule has 0 fully saturated rings.